The number of hydrogen-bond donors (Lipinski definition) is 2. The maximum atomic E-state index is 12.3. The van der Waals surface area contributed by atoms with E-state index in [4.69, 9.17) is 4.74 Å². The molecule has 122 valence electrons. The third-order valence-corrected chi connectivity index (χ3v) is 4.32. The van der Waals surface area contributed by atoms with Gasteiger partial charge >= 0.3 is 0 Å². The molecule has 1 fully saturated rings. The van der Waals surface area contributed by atoms with E-state index in [9.17, 15) is 4.79 Å². The lowest BCUT2D eigenvalue weighted by molar-refractivity contribution is -0.120. The number of methoxy groups -OCH3 is 1. The van der Waals surface area contributed by atoms with Gasteiger partial charge in [0.1, 0.15) is 5.75 Å². The summed E-state index contributed by atoms with van der Waals surface area (Å²) in [5.74, 6) is 1.52. The SMILES string of the molecule is COc1ccc(-c2cnc(NC(=O)C3CCNCC3)n2C)cc1. The van der Waals surface area contributed by atoms with Crippen LogP contribution in [0.2, 0.25) is 0 Å². The molecule has 1 aromatic heterocycles. The first-order valence-electron chi connectivity index (χ1n) is 7.87. The van der Waals surface area contributed by atoms with Crippen LogP contribution in [0.25, 0.3) is 11.3 Å². The maximum absolute atomic E-state index is 12.3. The number of hydrogen-bond acceptors (Lipinski definition) is 4. The average Bonchev–Trinajstić information content (AvgIpc) is 2.96. The van der Waals surface area contributed by atoms with E-state index < -0.39 is 0 Å². The Labute approximate surface area is 135 Å². The molecule has 6 heteroatoms. The number of aromatic nitrogens is 2. The van der Waals surface area contributed by atoms with Crippen LogP contribution < -0.4 is 15.4 Å². The maximum Gasteiger partial charge on any atom is 0.229 e. The predicted molar refractivity (Wildman–Crippen MR) is 89.4 cm³/mol. The fraction of sp³-hybridized carbons (Fsp3) is 0.412. The van der Waals surface area contributed by atoms with Crippen LogP contribution in [0.4, 0.5) is 5.95 Å². The second-order valence-electron chi connectivity index (χ2n) is 5.77. The number of carbonyl (C=O) groups excluding carboxylic acids is 1. The zero-order valence-corrected chi connectivity index (χ0v) is 13.5. The van der Waals surface area contributed by atoms with Crippen molar-refractivity contribution >= 4 is 11.9 Å². The number of piperidine rings is 1. The van der Waals surface area contributed by atoms with E-state index in [0.29, 0.717) is 5.95 Å². The van der Waals surface area contributed by atoms with Crippen molar-refractivity contribution < 1.29 is 9.53 Å². The summed E-state index contributed by atoms with van der Waals surface area (Å²) in [7, 11) is 3.55. The standard InChI is InChI=1S/C17H22N4O2/c1-21-15(12-3-5-14(23-2)6-4-12)11-19-17(21)20-16(22)13-7-9-18-10-8-13/h3-6,11,13,18H,7-10H2,1-2H3,(H,19,20,22). The molecular formula is C17H22N4O2. The molecule has 1 amide bonds. The molecule has 3 rings (SSSR count). The Bertz CT molecular complexity index is 672. The zero-order chi connectivity index (χ0) is 16.2. The number of amides is 1. The van der Waals surface area contributed by atoms with Gasteiger partial charge in [0.25, 0.3) is 0 Å². The molecule has 2 aromatic rings. The summed E-state index contributed by atoms with van der Waals surface area (Å²) in [5.41, 5.74) is 1.98. The van der Waals surface area contributed by atoms with Gasteiger partial charge in [-0.15, -0.1) is 0 Å². The minimum absolute atomic E-state index is 0.0569. The van der Waals surface area contributed by atoms with Crippen LogP contribution in [0.3, 0.4) is 0 Å². The third kappa shape index (κ3) is 3.37. The lowest BCUT2D eigenvalue weighted by atomic mass is 9.97. The quantitative estimate of drug-likeness (QED) is 0.906. The molecule has 0 saturated carbocycles. The first kappa shape index (κ1) is 15.6. The van der Waals surface area contributed by atoms with Crippen LogP contribution in [0, 0.1) is 5.92 Å². The van der Waals surface area contributed by atoms with Gasteiger partial charge in [0.05, 0.1) is 19.0 Å². The molecule has 1 aliphatic heterocycles. The van der Waals surface area contributed by atoms with Gasteiger partial charge in [-0.3, -0.25) is 10.1 Å². The normalized spacial score (nSPS) is 15.4. The monoisotopic (exact) mass is 314 g/mol. The van der Waals surface area contributed by atoms with E-state index in [0.717, 1.165) is 42.9 Å². The van der Waals surface area contributed by atoms with Gasteiger partial charge in [-0.1, -0.05) is 0 Å². The van der Waals surface area contributed by atoms with Crippen LogP contribution in [0.1, 0.15) is 12.8 Å². The van der Waals surface area contributed by atoms with Crippen LogP contribution >= 0.6 is 0 Å². The number of nitrogens with zero attached hydrogens (tertiary/aromatic N) is 2. The van der Waals surface area contributed by atoms with Gasteiger partial charge in [-0.2, -0.15) is 0 Å². The fourth-order valence-corrected chi connectivity index (χ4v) is 2.85. The van der Waals surface area contributed by atoms with Crippen molar-refractivity contribution in [3.8, 4) is 17.0 Å². The molecule has 0 bridgehead atoms. The van der Waals surface area contributed by atoms with Crippen LogP contribution in [0.5, 0.6) is 5.75 Å². The average molecular weight is 314 g/mol. The molecule has 0 aliphatic carbocycles. The van der Waals surface area contributed by atoms with Crippen molar-refractivity contribution in [1.29, 1.82) is 0 Å². The van der Waals surface area contributed by atoms with Crippen LogP contribution in [-0.2, 0) is 11.8 Å². The van der Waals surface area contributed by atoms with E-state index >= 15 is 0 Å². The molecule has 1 aliphatic rings. The Morgan fingerprint density at radius 2 is 2.00 bits per heavy atom. The lowest BCUT2D eigenvalue weighted by Gasteiger charge is -2.21. The summed E-state index contributed by atoms with van der Waals surface area (Å²) in [5, 5.41) is 6.22. The van der Waals surface area contributed by atoms with Crippen molar-refractivity contribution in [3.05, 3.63) is 30.5 Å². The number of anilines is 1. The largest absolute Gasteiger partial charge is 0.497 e. The molecule has 0 atom stereocenters. The van der Waals surface area contributed by atoms with Gasteiger partial charge in [0, 0.05) is 18.5 Å². The van der Waals surface area contributed by atoms with Gasteiger partial charge in [-0.05, 0) is 50.2 Å². The number of benzene rings is 1. The number of nitrogens with one attached hydrogen (secondary N) is 2. The summed E-state index contributed by atoms with van der Waals surface area (Å²) in [6.45, 7) is 1.80. The van der Waals surface area contributed by atoms with E-state index in [-0.39, 0.29) is 11.8 Å². The third-order valence-electron chi connectivity index (χ3n) is 4.32. The van der Waals surface area contributed by atoms with Gasteiger partial charge < -0.3 is 14.6 Å². The van der Waals surface area contributed by atoms with Crippen molar-refractivity contribution in [1.82, 2.24) is 14.9 Å². The van der Waals surface area contributed by atoms with Crippen LogP contribution in [-0.4, -0.2) is 35.7 Å². The predicted octanol–water partition coefficient (Wildman–Crippen LogP) is 2.03. The Morgan fingerprint density at radius 1 is 1.30 bits per heavy atom. The Kier molecular flexibility index (Phi) is 4.62. The van der Waals surface area contributed by atoms with Crippen molar-refractivity contribution in [2.75, 3.05) is 25.5 Å². The summed E-state index contributed by atoms with van der Waals surface area (Å²) in [6.07, 6.45) is 3.53. The highest BCUT2D eigenvalue weighted by molar-refractivity contribution is 5.91. The second kappa shape index (κ2) is 6.83. The summed E-state index contributed by atoms with van der Waals surface area (Å²) in [6, 6.07) is 7.79. The van der Waals surface area contributed by atoms with E-state index in [1.807, 2.05) is 35.9 Å². The molecule has 2 heterocycles. The molecular weight excluding hydrogens is 292 g/mol. The second-order valence-corrected chi connectivity index (χ2v) is 5.77. The van der Waals surface area contributed by atoms with Gasteiger partial charge in [0.15, 0.2) is 0 Å². The molecule has 0 radical (unpaired) electrons. The van der Waals surface area contributed by atoms with Gasteiger partial charge in [-0.25, -0.2) is 4.98 Å². The summed E-state index contributed by atoms with van der Waals surface area (Å²) in [4.78, 5) is 16.7. The Balaban J connectivity index is 1.74. The smallest absolute Gasteiger partial charge is 0.229 e. The van der Waals surface area contributed by atoms with Crippen molar-refractivity contribution in [2.45, 2.75) is 12.8 Å². The Morgan fingerprint density at radius 3 is 2.65 bits per heavy atom. The highest BCUT2D eigenvalue weighted by Crippen LogP contribution is 2.24. The molecule has 0 unspecified atom stereocenters. The zero-order valence-electron chi connectivity index (χ0n) is 13.5. The lowest BCUT2D eigenvalue weighted by Crippen LogP contribution is -2.35. The highest BCUT2D eigenvalue weighted by Gasteiger charge is 2.22. The minimum Gasteiger partial charge on any atom is -0.497 e. The number of rotatable bonds is 4. The Hall–Kier alpha value is -2.34. The molecule has 6 nitrogen and oxygen atoms in total. The molecule has 2 N–H and O–H groups in total. The summed E-state index contributed by atoms with van der Waals surface area (Å²) < 4.78 is 7.08. The topological polar surface area (TPSA) is 68.2 Å². The summed E-state index contributed by atoms with van der Waals surface area (Å²) >= 11 is 0. The van der Waals surface area contributed by atoms with Crippen LogP contribution in [0.15, 0.2) is 30.5 Å². The molecule has 1 saturated heterocycles. The van der Waals surface area contributed by atoms with E-state index in [1.54, 1.807) is 13.3 Å². The van der Waals surface area contributed by atoms with Crippen molar-refractivity contribution in [3.63, 3.8) is 0 Å². The molecule has 1 aromatic carbocycles. The molecule has 0 spiro atoms. The van der Waals surface area contributed by atoms with Gasteiger partial charge in [0.2, 0.25) is 11.9 Å². The number of ether oxygens (including phenoxy) is 1. The minimum atomic E-state index is 0.0569. The first-order chi connectivity index (χ1) is 11.2. The fourth-order valence-electron chi connectivity index (χ4n) is 2.85. The highest BCUT2D eigenvalue weighted by atomic mass is 16.5. The molecule has 23 heavy (non-hydrogen) atoms. The number of imidazole rings is 1. The van der Waals surface area contributed by atoms with E-state index in [1.165, 1.54) is 0 Å². The van der Waals surface area contributed by atoms with Crippen molar-refractivity contribution in [2.24, 2.45) is 13.0 Å². The number of carbonyl (C=O) groups is 1. The first-order valence-corrected chi connectivity index (χ1v) is 7.87. The van der Waals surface area contributed by atoms with E-state index in [2.05, 4.69) is 15.6 Å².